The van der Waals surface area contributed by atoms with Crippen LogP contribution in [0.5, 0.6) is 5.88 Å². The molecule has 27 heavy (non-hydrogen) atoms. The first-order chi connectivity index (χ1) is 13.1. The molecule has 0 radical (unpaired) electrons. The molecule has 0 spiro atoms. The number of hydrogen-bond acceptors (Lipinski definition) is 5. The molecule has 2 N–H and O–H groups in total. The van der Waals surface area contributed by atoms with Gasteiger partial charge in [-0.2, -0.15) is 5.10 Å². The molecule has 1 atom stereocenters. The van der Waals surface area contributed by atoms with Gasteiger partial charge in [0.05, 0.1) is 6.54 Å². The van der Waals surface area contributed by atoms with Gasteiger partial charge in [-0.1, -0.05) is 24.3 Å². The van der Waals surface area contributed by atoms with Gasteiger partial charge < -0.3 is 9.64 Å². The van der Waals surface area contributed by atoms with E-state index in [1.807, 2.05) is 37.3 Å². The molecule has 1 amide bonds. The maximum atomic E-state index is 12.0. The Morgan fingerprint density at radius 2 is 2.22 bits per heavy atom. The minimum absolute atomic E-state index is 0.00994. The van der Waals surface area contributed by atoms with E-state index in [1.54, 1.807) is 17.1 Å². The maximum Gasteiger partial charge on any atom is 0.340 e. The number of nitrogens with zero attached hydrogens (tertiary/aromatic N) is 3. The van der Waals surface area contributed by atoms with Crippen LogP contribution in [0.4, 0.5) is 0 Å². The van der Waals surface area contributed by atoms with E-state index in [-0.39, 0.29) is 12.0 Å². The largest absolute Gasteiger partial charge is 0.472 e. The smallest absolute Gasteiger partial charge is 0.340 e. The number of hydrogen-bond donors (Lipinski definition) is 2. The third-order valence-electron chi connectivity index (χ3n) is 4.49. The summed E-state index contributed by atoms with van der Waals surface area (Å²) in [6.45, 7) is 2.99. The summed E-state index contributed by atoms with van der Waals surface area (Å²) in [5.74, 6) is 0.813. The summed E-state index contributed by atoms with van der Waals surface area (Å²) in [5.41, 5.74) is 0.123. The van der Waals surface area contributed by atoms with Gasteiger partial charge >= 0.3 is 5.69 Å². The van der Waals surface area contributed by atoms with Crippen LogP contribution in [0.15, 0.2) is 47.3 Å². The van der Waals surface area contributed by atoms with Crippen LogP contribution in [-0.4, -0.2) is 50.2 Å². The average Bonchev–Trinajstić information content (AvgIpc) is 3.31. The Morgan fingerprint density at radius 1 is 1.37 bits per heavy atom. The van der Waals surface area contributed by atoms with Gasteiger partial charge in [0.2, 0.25) is 11.8 Å². The van der Waals surface area contributed by atoms with Gasteiger partial charge in [0.15, 0.2) is 5.82 Å². The predicted octanol–water partition coefficient (Wildman–Crippen LogP) is 1.87. The minimum atomic E-state index is -0.392. The van der Waals surface area contributed by atoms with E-state index in [4.69, 9.17) is 4.74 Å². The highest BCUT2D eigenvalue weighted by Crippen LogP contribution is 2.29. The summed E-state index contributed by atoms with van der Waals surface area (Å²) in [6, 6.07) is 9.59. The molecule has 0 aliphatic carbocycles. The zero-order valence-electron chi connectivity index (χ0n) is 14.8. The van der Waals surface area contributed by atoms with Crippen molar-refractivity contribution in [3.63, 3.8) is 0 Å². The van der Waals surface area contributed by atoms with E-state index in [1.165, 1.54) is 0 Å². The summed E-state index contributed by atoms with van der Waals surface area (Å²) in [7, 11) is 0. The fraction of sp³-hybridized carbons (Fsp3) is 0.263. The molecule has 4 rings (SSSR count). The van der Waals surface area contributed by atoms with E-state index in [2.05, 4.69) is 20.2 Å². The van der Waals surface area contributed by atoms with Crippen LogP contribution in [0.25, 0.3) is 22.3 Å². The number of carbonyl (C=O) groups is 1. The molecule has 8 nitrogen and oxygen atoms in total. The van der Waals surface area contributed by atoms with Crippen molar-refractivity contribution in [2.75, 3.05) is 13.1 Å². The highest BCUT2D eigenvalue weighted by atomic mass is 16.5. The Bertz CT molecular complexity index is 1070. The molecule has 138 valence electrons. The quantitative estimate of drug-likeness (QED) is 0.687. The lowest BCUT2D eigenvalue weighted by molar-refractivity contribution is -0.125. The van der Waals surface area contributed by atoms with Crippen LogP contribution in [0.1, 0.15) is 13.3 Å². The Morgan fingerprint density at radius 3 is 3.00 bits per heavy atom. The van der Waals surface area contributed by atoms with E-state index in [0.29, 0.717) is 30.5 Å². The average molecular weight is 365 g/mol. The molecule has 8 heteroatoms. The van der Waals surface area contributed by atoms with Gasteiger partial charge in [0.25, 0.3) is 0 Å². The van der Waals surface area contributed by atoms with Crippen LogP contribution >= 0.6 is 0 Å². The van der Waals surface area contributed by atoms with Crippen molar-refractivity contribution >= 4 is 16.7 Å². The van der Waals surface area contributed by atoms with E-state index in [0.717, 1.165) is 17.2 Å². The molecule has 0 bridgehead atoms. The first-order valence-electron chi connectivity index (χ1n) is 8.77. The number of carbonyl (C=O) groups excluding carboxylic acids is 1. The molecule has 1 saturated heterocycles. The molecule has 3 heterocycles. The number of amides is 1. The zero-order valence-corrected chi connectivity index (χ0v) is 14.8. The van der Waals surface area contributed by atoms with Crippen molar-refractivity contribution in [3.05, 3.63) is 53.0 Å². The number of rotatable bonds is 4. The molecular formula is C19H19N5O3. The third kappa shape index (κ3) is 3.46. The Balaban J connectivity index is 1.65. The zero-order chi connectivity index (χ0) is 18.8. The summed E-state index contributed by atoms with van der Waals surface area (Å²) < 4.78 is 6.16. The summed E-state index contributed by atoms with van der Waals surface area (Å²) in [6.07, 6.45) is 3.90. The number of nitrogens with one attached hydrogen (secondary N) is 2. The Kier molecular flexibility index (Phi) is 4.45. The SMILES string of the molecule is CC=CC(=O)N1CC[C@@H](Oc2nc(-c3n[nH]c(=O)[nH]3)cc3ccccc23)C1. The number of pyridine rings is 1. The Labute approximate surface area is 154 Å². The molecule has 2 aromatic heterocycles. The van der Waals surface area contributed by atoms with Gasteiger partial charge in [0.1, 0.15) is 11.8 Å². The van der Waals surface area contributed by atoms with Gasteiger partial charge in [-0.25, -0.2) is 14.9 Å². The highest BCUT2D eigenvalue weighted by Gasteiger charge is 2.27. The number of allylic oxidation sites excluding steroid dienone is 1. The second-order valence-electron chi connectivity index (χ2n) is 6.37. The molecule has 3 aromatic rings. The van der Waals surface area contributed by atoms with Crippen molar-refractivity contribution < 1.29 is 9.53 Å². The first kappa shape index (κ1) is 17.0. The van der Waals surface area contributed by atoms with Crippen molar-refractivity contribution in [3.8, 4) is 17.4 Å². The molecule has 1 fully saturated rings. The lowest BCUT2D eigenvalue weighted by Gasteiger charge is -2.16. The first-order valence-corrected chi connectivity index (χ1v) is 8.77. The second kappa shape index (κ2) is 7.06. The predicted molar refractivity (Wildman–Crippen MR) is 100 cm³/mol. The van der Waals surface area contributed by atoms with E-state index >= 15 is 0 Å². The fourth-order valence-corrected chi connectivity index (χ4v) is 3.20. The lowest BCUT2D eigenvalue weighted by atomic mass is 10.1. The number of fused-ring (bicyclic) bond motifs is 1. The monoisotopic (exact) mass is 365 g/mol. The summed E-state index contributed by atoms with van der Waals surface area (Å²) >= 11 is 0. The van der Waals surface area contributed by atoms with Crippen LogP contribution in [0.2, 0.25) is 0 Å². The van der Waals surface area contributed by atoms with Crippen molar-refractivity contribution in [2.24, 2.45) is 0 Å². The van der Waals surface area contributed by atoms with Crippen LogP contribution in [0, 0.1) is 0 Å². The number of benzene rings is 1. The topological polar surface area (TPSA) is 104 Å². The molecule has 0 saturated carbocycles. The highest BCUT2D eigenvalue weighted by molar-refractivity contribution is 5.89. The summed E-state index contributed by atoms with van der Waals surface area (Å²) in [5, 5.41) is 8.10. The molecular weight excluding hydrogens is 346 g/mol. The summed E-state index contributed by atoms with van der Waals surface area (Å²) in [4.78, 5) is 32.3. The van der Waals surface area contributed by atoms with Crippen molar-refractivity contribution in [2.45, 2.75) is 19.4 Å². The van der Waals surface area contributed by atoms with Crippen LogP contribution in [-0.2, 0) is 4.79 Å². The normalized spacial score (nSPS) is 17.1. The van der Waals surface area contributed by atoms with Gasteiger partial charge in [0, 0.05) is 18.4 Å². The number of ether oxygens (including phenoxy) is 1. The lowest BCUT2D eigenvalue weighted by Crippen LogP contribution is -2.29. The van der Waals surface area contributed by atoms with Gasteiger partial charge in [-0.15, -0.1) is 0 Å². The van der Waals surface area contributed by atoms with Gasteiger partial charge in [-0.05, 0) is 30.5 Å². The third-order valence-corrected chi connectivity index (χ3v) is 4.49. The molecule has 1 aliphatic heterocycles. The standard InChI is InChI=1S/C19H19N5O3/c1-2-5-16(25)24-9-8-13(11-24)27-18-14-7-4-3-6-12(14)10-15(20-18)17-21-19(26)23-22-17/h2-7,10,13H,8-9,11H2,1H3,(H2,21,22,23,26)/t13-/m1/s1. The van der Waals surface area contributed by atoms with Crippen LogP contribution in [0.3, 0.4) is 0 Å². The molecule has 1 aliphatic rings. The number of aromatic amines is 2. The number of H-pyrrole nitrogens is 2. The second-order valence-corrected chi connectivity index (χ2v) is 6.37. The minimum Gasteiger partial charge on any atom is -0.472 e. The van der Waals surface area contributed by atoms with Crippen molar-refractivity contribution in [1.82, 2.24) is 25.1 Å². The van der Waals surface area contributed by atoms with E-state index < -0.39 is 5.69 Å². The fourth-order valence-electron chi connectivity index (χ4n) is 3.20. The van der Waals surface area contributed by atoms with E-state index in [9.17, 15) is 9.59 Å². The molecule has 1 aromatic carbocycles. The van der Waals surface area contributed by atoms with Crippen molar-refractivity contribution in [1.29, 1.82) is 0 Å². The maximum absolute atomic E-state index is 12.0. The van der Waals surface area contributed by atoms with Crippen LogP contribution < -0.4 is 10.4 Å². The van der Waals surface area contributed by atoms with Gasteiger partial charge in [-0.3, -0.25) is 9.78 Å². The molecule has 0 unspecified atom stereocenters. The number of aromatic nitrogens is 4. The Hall–Kier alpha value is -3.42. The number of likely N-dealkylation sites (tertiary alicyclic amines) is 1.